The fraction of sp³-hybridized carbons (Fsp3) is 0.222. The number of carbonyl (C=O) groups excluding carboxylic acids is 1. The SMILES string of the molecule is COc1ccc(CN2C(=O)[C@H](C)n3c(nc4ccccc4c3=O)[C@@H]2[C@@H](O)c2ccccc2)cc1. The van der Waals surface area contributed by atoms with Crippen LogP contribution in [0.1, 0.15) is 42.1 Å². The van der Waals surface area contributed by atoms with E-state index in [0.717, 1.165) is 5.56 Å². The molecule has 0 unspecified atom stereocenters. The van der Waals surface area contributed by atoms with Crippen LogP contribution in [0, 0.1) is 0 Å². The summed E-state index contributed by atoms with van der Waals surface area (Å²) in [5, 5.41) is 12.0. The average molecular weight is 456 g/mol. The minimum absolute atomic E-state index is 0.248. The number of amides is 1. The minimum atomic E-state index is -1.07. The summed E-state index contributed by atoms with van der Waals surface area (Å²) in [6.07, 6.45) is -1.07. The third kappa shape index (κ3) is 3.64. The van der Waals surface area contributed by atoms with Crippen LogP contribution in [-0.4, -0.2) is 32.6 Å². The number of para-hydroxylation sites is 1. The van der Waals surface area contributed by atoms with Gasteiger partial charge in [-0.05, 0) is 42.3 Å². The third-order valence-corrected chi connectivity index (χ3v) is 6.42. The van der Waals surface area contributed by atoms with E-state index in [9.17, 15) is 14.7 Å². The van der Waals surface area contributed by atoms with Crippen LogP contribution in [0.15, 0.2) is 83.7 Å². The maximum atomic E-state index is 13.7. The molecule has 172 valence electrons. The number of hydrogen-bond donors (Lipinski definition) is 1. The van der Waals surface area contributed by atoms with Crippen LogP contribution in [0.2, 0.25) is 0 Å². The van der Waals surface area contributed by atoms with Gasteiger partial charge in [-0.2, -0.15) is 0 Å². The van der Waals surface area contributed by atoms with Crippen molar-refractivity contribution in [1.82, 2.24) is 14.5 Å². The van der Waals surface area contributed by atoms with Gasteiger partial charge in [0, 0.05) is 6.54 Å². The summed E-state index contributed by atoms with van der Waals surface area (Å²) in [5.41, 5.74) is 1.78. The first-order valence-corrected chi connectivity index (χ1v) is 11.2. The summed E-state index contributed by atoms with van der Waals surface area (Å²) in [4.78, 5) is 33.5. The summed E-state index contributed by atoms with van der Waals surface area (Å²) in [5.74, 6) is 0.844. The number of fused-ring (bicyclic) bond motifs is 2. The highest BCUT2D eigenvalue weighted by molar-refractivity contribution is 5.84. The molecule has 0 fully saturated rings. The number of aliphatic hydroxyl groups excluding tert-OH is 1. The van der Waals surface area contributed by atoms with Crippen molar-refractivity contribution < 1.29 is 14.6 Å². The first kappa shape index (κ1) is 21.9. The van der Waals surface area contributed by atoms with Crippen molar-refractivity contribution >= 4 is 16.8 Å². The van der Waals surface area contributed by atoms with Crippen LogP contribution in [0.3, 0.4) is 0 Å². The second-order valence-electron chi connectivity index (χ2n) is 8.45. The van der Waals surface area contributed by atoms with Gasteiger partial charge in [0.1, 0.15) is 29.8 Å². The molecule has 0 saturated carbocycles. The lowest BCUT2D eigenvalue weighted by Gasteiger charge is -2.42. The Bertz CT molecular complexity index is 1400. The molecule has 0 bridgehead atoms. The molecule has 1 aliphatic heterocycles. The molecule has 7 nitrogen and oxygen atoms in total. The Morgan fingerprint density at radius 2 is 1.65 bits per heavy atom. The summed E-state index contributed by atoms with van der Waals surface area (Å²) >= 11 is 0. The zero-order valence-corrected chi connectivity index (χ0v) is 19.0. The molecule has 0 aliphatic carbocycles. The van der Waals surface area contributed by atoms with Gasteiger partial charge in [-0.3, -0.25) is 14.2 Å². The molecule has 4 aromatic rings. The van der Waals surface area contributed by atoms with Gasteiger partial charge in [-0.25, -0.2) is 4.98 Å². The molecule has 3 atom stereocenters. The van der Waals surface area contributed by atoms with Crippen molar-refractivity contribution in [3.05, 3.63) is 106 Å². The Balaban J connectivity index is 1.69. The number of aliphatic hydroxyl groups is 1. The van der Waals surface area contributed by atoms with E-state index in [1.807, 2.05) is 60.7 Å². The second kappa shape index (κ2) is 8.76. The lowest BCUT2D eigenvalue weighted by Crippen LogP contribution is -2.50. The quantitative estimate of drug-likeness (QED) is 0.495. The van der Waals surface area contributed by atoms with E-state index < -0.39 is 18.2 Å². The van der Waals surface area contributed by atoms with E-state index in [2.05, 4.69) is 0 Å². The molecule has 1 amide bonds. The predicted octanol–water partition coefficient (Wildman–Crippen LogP) is 3.78. The number of carbonyl (C=O) groups is 1. The van der Waals surface area contributed by atoms with E-state index in [0.29, 0.717) is 28.0 Å². The number of rotatable bonds is 5. The smallest absolute Gasteiger partial charge is 0.262 e. The Labute approximate surface area is 196 Å². The average Bonchev–Trinajstić information content (AvgIpc) is 2.88. The number of nitrogens with zero attached hydrogens (tertiary/aromatic N) is 3. The number of benzene rings is 3. The van der Waals surface area contributed by atoms with Gasteiger partial charge in [0.05, 0.1) is 18.0 Å². The molecule has 0 saturated heterocycles. The fourth-order valence-electron chi connectivity index (χ4n) is 4.62. The Morgan fingerprint density at radius 1 is 0.971 bits per heavy atom. The molecule has 5 rings (SSSR count). The van der Waals surface area contributed by atoms with Gasteiger partial charge in [-0.1, -0.05) is 54.6 Å². The first-order chi connectivity index (χ1) is 16.5. The molecule has 1 aliphatic rings. The van der Waals surface area contributed by atoms with E-state index >= 15 is 0 Å². The first-order valence-electron chi connectivity index (χ1n) is 11.2. The normalized spacial score (nSPS) is 18.6. The minimum Gasteiger partial charge on any atom is -0.497 e. The van der Waals surface area contributed by atoms with Gasteiger partial charge in [0.2, 0.25) is 5.91 Å². The zero-order chi connectivity index (χ0) is 23.8. The van der Waals surface area contributed by atoms with Crippen molar-refractivity contribution in [3.63, 3.8) is 0 Å². The summed E-state index contributed by atoms with van der Waals surface area (Å²) in [7, 11) is 1.60. The van der Waals surface area contributed by atoms with Crippen molar-refractivity contribution in [2.75, 3.05) is 7.11 Å². The molecule has 0 radical (unpaired) electrons. The Kier molecular flexibility index (Phi) is 5.63. The van der Waals surface area contributed by atoms with Gasteiger partial charge < -0.3 is 14.7 Å². The Morgan fingerprint density at radius 3 is 2.35 bits per heavy atom. The van der Waals surface area contributed by atoms with Gasteiger partial charge in [0.15, 0.2) is 0 Å². The molecule has 3 aromatic carbocycles. The zero-order valence-electron chi connectivity index (χ0n) is 19.0. The van der Waals surface area contributed by atoms with Gasteiger partial charge >= 0.3 is 0 Å². The summed E-state index contributed by atoms with van der Waals surface area (Å²) in [6.45, 7) is 1.96. The molecular formula is C27H25N3O4. The monoisotopic (exact) mass is 455 g/mol. The Hall–Kier alpha value is -3.97. The van der Waals surface area contributed by atoms with Crippen LogP contribution in [0.25, 0.3) is 10.9 Å². The van der Waals surface area contributed by atoms with Gasteiger partial charge in [-0.15, -0.1) is 0 Å². The predicted molar refractivity (Wildman–Crippen MR) is 128 cm³/mol. The fourth-order valence-corrected chi connectivity index (χ4v) is 4.62. The number of methoxy groups -OCH3 is 1. The lowest BCUT2D eigenvalue weighted by molar-refractivity contribution is -0.144. The van der Waals surface area contributed by atoms with Crippen LogP contribution >= 0.6 is 0 Å². The maximum Gasteiger partial charge on any atom is 0.262 e. The molecular weight excluding hydrogens is 430 g/mol. The third-order valence-electron chi connectivity index (χ3n) is 6.42. The molecule has 1 N–H and O–H groups in total. The maximum absolute atomic E-state index is 13.7. The standard InChI is InChI=1S/C27H25N3O4/c1-17-26(32)29(16-18-12-14-20(34-2)15-13-18)23(24(31)19-8-4-3-5-9-19)25-28-22-11-7-6-10-21(22)27(33)30(17)25/h3-15,17,23-24,31H,16H2,1-2H3/t17-,23-,24-/m0/s1. The molecule has 0 spiro atoms. The van der Waals surface area contributed by atoms with Crippen molar-refractivity contribution in [2.45, 2.75) is 31.7 Å². The number of ether oxygens (including phenoxy) is 1. The van der Waals surface area contributed by atoms with Crippen molar-refractivity contribution in [1.29, 1.82) is 0 Å². The highest BCUT2D eigenvalue weighted by Gasteiger charge is 2.43. The van der Waals surface area contributed by atoms with Crippen LogP contribution in [-0.2, 0) is 11.3 Å². The van der Waals surface area contributed by atoms with E-state index in [-0.39, 0.29) is 18.0 Å². The van der Waals surface area contributed by atoms with E-state index in [1.54, 1.807) is 37.1 Å². The molecule has 2 heterocycles. The number of aromatic nitrogens is 2. The van der Waals surface area contributed by atoms with E-state index in [4.69, 9.17) is 9.72 Å². The van der Waals surface area contributed by atoms with Gasteiger partial charge in [0.25, 0.3) is 5.56 Å². The summed E-state index contributed by atoms with van der Waals surface area (Å²) in [6, 6.07) is 22.1. The highest BCUT2D eigenvalue weighted by atomic mass is 16.5. The summed E-state index contributed by atoms with van der Waals surface area (Å²) < 4.78 is 6.68. The van der Waals surface area contributed by atoms with Crippen LogP contribution in [0.5, 0.6) is 5.75 Å². The van der Waals surface area contributed by atoms with Crippen LogP contribution in [0.4, 0.5) is 0 Å². The molecule has 7 heteroatoms. The van der Waals surface area contributed by atoms with Crippen molar-refractivity contribution in [2.24, 2.45) is 0 Å². The molecule has 34 heavy (non-hydrogen) atoms. The second-order valence-corrected chi connectivity index (χ2v) is 8.45. The van der Waals surface area contributed by atoms with Crippen LogP contribution < -0.4 is 10.3 Å². The largest absolute Gasteiger partial charge is 0.497 e. The lowest BCUT2D eigenvalue weighted by atomic mass is 9.95. The topological polar surface area (TPSA) is 84.7 Å². The molecule has 1 aromatic heterocycles. The van der Waals surface area contributed by atoms with E-state index in [1.165, 1.54) is 4.57 Å². The van der Waals surface area contributed by atoms with Crippen molar-refractivity contribution in [3.8, 4) is 5.75 Å². The highest BCUT2D eigenvalue weighted by Crippen LogP contribution is 2.39. The number of hydrogen-bond acceptors (Lipinski definition) is 5.